The van der Waals surface area contributed by atoms with Gasteiger partial charge in [-0.1, -0.05) is 103 Å². The fourth-order valence-corrected chi connectivity index (χ4v) is 2.88. The number of unbranched alkanes of at least 4 members (excludes halogenated alkanes) is 14. The number of carboxylic acids is 1. The molecular formula is C26H52O7. The minimum Gasteiger partial charge on any atom is -0.481 e. The highest BCUT2D eigenvalue weighted by atomic mass is 16.5. The molecule has 0 saturated carbocycles. The van der Waals surface area contributed by atoms with E-state index >= 15 is 0 Å². The molecule has 0 aliphatic carbocycles. The molecule has 7 nitrogen and oxygen atoms in total. The first kappa shape index (κ1) is 36.1. The molecule has 0 bridgehead atoms. The number of carbonyl (C=O) groups excluding carboxylic acids is 1. The molecule has 0 aromatic heterocycles. The summed E-state index contributed by atoms with van der Waals surface area (Å²) >= 11 is 0. The van der Waals surface area contributed by atoms with Crippen molar-refractivity contribution < 1.29 is 34.8 Å². The van der Waals surface area contributed by atoms with Crippen LogP contribution >= 0.6 is 0 Å². The van der Waals surface area contributed by atoms with Gasteiger partial charge in [-0.2, -0.15) is 0 Å². The van der Waals surface area contributed by atoms with Crippen molar-refractivity contribution in [2.45, 2.75) is 123 Å². The van der Waals surface area contributed by atoms with Crippen molar-refractivity contribution in [3.05, 3.63) is 12.2 Å². The molecule has 0 fully saturated rings. The van der Waals surface area contributed by atoms with Crippen molar-refractivity contribution in [1.82, 2.24) is 0 Å². The molecule has 198 valence electrons. The van der Waals surface area contributed by atoms with Crippen molar-refractivity contribution in [3.63, 3.8) is 0 Å². The third kappa shape index (κ3) is 38.2. The Kier molecular flexibility index (Phi) is 33.5. The molecule has 0 aliphatic heterocycles. The summed E-state index contributed by atoms with van der Waals surface area (Å²) in [5.41, 5.74) is 0.433. The van der Waals surface area contributed by atoms with Crippen molar-refractivity contribution in [2.24, 2.45) is 0 Å². The van der Waals surface area contributed by atoms with Crippen LogP contribution in [0.5, 0.6) is 0 Å². The molecule has 0 aromatic carbocycles. The van der Waals surface area contributed by atoms with Gasteiger partial charge >= 0.3 is 11.9 Å². The first-order valence-electron chi connectivity index (χ1n) is 12.6. The van der Waals surface area contributed by atoms with E-state index in [-0.39, 0.29) is 19.2 Å². The number of rotatable bonds is 19. The lowest BCUT2D eigenvalue weighted by atomic mass is 10.0. The number of hydrogen-bond donors (Lipinski definition) is 4. The Morgan fingerprint density at radius 1 is 0.758 bits per heavy atom. The topological polar surface area (TPSA) is 124 Å². The zero-order valence-corrected chi connectivity index (χ0v) is 21.5. The normalized spacial score (nSPS) is 10.0. The average Bonchev–Trinajstić information content (AvgIpc) is 2.81. The van der Waals surface area contributed by atoms with Gasteiger partial charge in [-0.25, -0.2) is 4.79 Å². The van der Waals surface area contributed by atoms with Crippen molar-refractivity contribution in [1.29, 1.82) is 0 Å². The number of ether oxygens (including phenoxy) is 1. The maximum absolute atomic E-state index is 10.3. The molecule has 33 heavy (non-hydrogen) atoms. The third-order valence-electron chi connectivity index (χ3n) is 4.95. The molecule has 0 heterocycles. The molecule has 0 unspecified atom stereocenters. The van der Waals surface area contributed by atoms with E-state index in [1.807, 2.05) is 0 Å². The molecule has 0 amide bonds. The third-order valence-corrected chi connectivity index (χ3v) is 4.95. The van der Waals surface area contributed by atoms with E-state index < -0.39 is 12.1 Å². The van der Waals surface area contributed by atoms with Gasteiger partial charge in [-0.3, -0.25) is 4.79 Å². The van der Waals surface area contributed by atoms with Gasteiger partial charge in [-0.15, -0.1) is 0 Å². The van der Waals surface area contributed by atoms with Gasteiger partial charge in [-0.05, 0) is 13.3 Å². The lowest BCUT2D eigenvalue weighted by molar-refractivity contribution is -0.137. The number of hydrogen-bond acceptors (Lipinski definition) is 6. The van der Waals surface area contributed by atoms with Crippen LogP contribution in [0.15, 0.2) is 12.2 Å². The van der Waals surface area contributed by atoms with Crippen molar-refractivity contribution >= 4 is 11.9 Å². The predicted molar refractivity (Wildman–Crippen MR) is 134 cm³/mol. The zero-order valence-electron chi connectivity index (χ0n) is 21.5. The van der Waals surface area contributed by atoms with E-state index in [2.05, 4.69) is 18.2 Å². The Bertz CT molecular complexity index is 434. The highest BCUT2D eigenvalue weighted by molar-refractivity contribution is 5.86. The largest absolute Gasteiger partial charge is 0.481 e. The number of esters is 1. The summed E-state index contributed by atoms with van der Waals surface area (Å²) in [6.07, 6.45) is 19.2. The van der Waals surface area contributed by atoms with Crippen LogP contribution in [0.25, 0.3) is 0 Å². The molecule has 0 saturated heterocycles. The number of methoxy groups -OCH3 is 1. The fourth-order valence-electron chi connectivity index (χ4n) is 2.88. The summed E-state index contributed by atoms with van der Waals surface area (Å²) in [6, 6.07) is 0. The summed E-state index contributed by atoms with van der Waals surface area (Å²) in [7, 11) is 1.33. The van der Waals surface area contributed by atoms with Crippen LogP contribution in [-0.2, 0) is 14.3 Å². The number of carboxylic acid groups (broad SMARTS) is 1. The van der Waals surface area contributed by atoms with Crippen molar-refractivity contribution in [3.8, 4) is 0 Å². The SMILES string of the molecule is C=C(C)C(=O)OC.CCCCCCCCCCCCCCCCCC(=O)O.OCC(O)CO. The van der Waals surface area contributed by atoms with Crippen LogP contribution in [0.3, 0.4) is 0 Å². The smallest absolute Gasteiger partial charge is 0.332 e. The fraction of sp³-hybridized carbons (Fsp3) is 0.846. The Hall–Kier alpha value is -1.44. The van der Waals surface area contributed by atoms with Crippen LogP contribution < -0.4 is 0 Å². The molecule has 0 aromatic rings. The Balaban J connectivity index is -0.000000563. The first-order chi connectivity index (χ1) is 15.8. The molecule has 0 rings (SSSR count). The van der Waals surface area contributed by atoms with E-state index in [0.29, 0.717) is 12.0 Å². The molecule has 4 N–H and O–H groups in total. The van der Waals surface area contributed by atoms with E-state index in [0.717, 1.165) is 12.8 Å². The maximum atomic E-state index is 10.3. The Morgan fingerprint density at radius 2 is 1.09 bits per heavy atom. The zero-order chi connectivity index (χ0) is 25.7. The van der Waals surface area contributed by atoms with Gasteiger partial charge < -0.3 is 25.2 Å². The van der Waals surface area contributed by atoms with E-state index in [1.165, 1.54) is 90.6 Å². The number of aliphatic hydroxyl groups excluding tert-OH is 3. The summed E-state index contributed by atoms with van der Waals surface area (Å²) in [5.74, 6) is -1.00. The quantitative estimate of drug-likeness (QED) is 0.112. The Labute approximate surface area is 202 Å². The lowest BCUT2D eigenvalue weighted by Gasteiger charge is -2.03. The summed E-state index contributed by atoms with van der Waals surface area (Å²) in [5, 5.41) is 32.5. The lowest BCUT2D eigenvalue weighted by Crippen LogP contribution is -2.15. The summed E-state index contributed by atoms with van der Waals surface area (Å²) < 4.78 is 4.27. The van der Waals surface area contributed by atoms with Gasteiger partial charge in [0.2, 0.25) is 0 Å². The molecule has 0 spiro atoms. The second kappa shape index (κ2) is 30.6. The monoisotopic (exact) mass is 476 g/mol. The van der Waals surface area contributed by atoms with Crippen LogP contribution in [0.2, 0.25) is 0 Å². The number of carbonyl (C=O) groups is 2. The van der Waals surface area contributed by atoms with E-state index in [9.17, 15) is 9.59 Å². The maximum Gasteiger partial charge on any atom is 0.332 e. The van der Waals surface area contributed by atoms with Crippen molar-refractivity contribution in [2.75, 3.05) is 20.3 Å². The first-order valence-corrected chi connectivity index (χ1v) is 12.6. The van der Waals surface area contributed by atoms with Gasteiger partial charge in [0, 0.05) is 12.0 Å². The van der Waals surface area contributed by atoms with Crippen LogP contribution in [0, 0.1) is 0 Å². The second-order valence-corrected chi connectivity index (χ2v) is 8.38. The van der Waals surface area contributed by atoms with Crippen LogP contribution in [0.4, 0.5) is 0 Å². The van der Waals surface area contributed by atoms with E-state index in [1.54, 1.807) is 6.92 Å². The number of aliphatic carboxylic acids is 1. The van der Waals surface area contributed by atoms with Crippen LogP contribution in [-0.4, -0.2) is 58.8 Å². The van der Waals surface area contributed by atoms with E-state index in [4.69, 9.17) is 20.4 Å². The molecular weight excluding hydrogens is 424 g/mol. The van der Waals surface area contributed by atoms with Crippen LogP contribution in [0.1, 0.15) is 117 Å². The Morgan fingerprint density at radius 3 is 1.27 bits per heavy atom. The standard InChI is InChI=1S/C18H36O2.C5H8O2.C3H8O3/c1-2-3-4-5-6-7-8-9-10-11-12-13-14-15-16-17-18(19)20;1-4(2)5(6)7-3;4-1-3(6)2-5/h2-17H2,1H3,(H,19,20);1H2,2-3H3;3-6H,1-2H2. The van der Waals surface area contributed by atoms with Gasteiger partial charge in [0.1, 0.15) is 6.10 Å². The summed E-state index contributed by atoms with van der Waals surface area (Å²) in [4.78, 5) is 20.5. The second-order valence-electron chi connectivity index (χ2n) is 8.38. The summed E-state index contributed by atoms with van der Waals surface area (Å²) in [6.45, 7) is 6.50. The minimum atomic E-state index is -0.954. The molecule has 7 heteroatoms. The minimum absolute atomic E-state index is 0.345. The average molecular weight is 477 g/mol. The predicted octanol–water partition coefficient (Wildman–Crippen LogP) is 5.40. The number of aliphatic hydroxyl groups is 3. The molecule has 0 aliphatic rings. The molecule has 0 radical (unpaired) electrons. The highest BCUT2D eigenvalue weighted by Crippen LogP contribution is 2.13. The van der Waals surface area contributed by atoms with Gasteiger partial charge in [0.05, 0.1) is 20.3 Å². The van der Waals surface area contributed by atoms with Gasteiger partial charge in [0.25, 0.3) is 0 Å². The van der Waals surface area contributed by atoms with Gasteiger partial charge in [0.15, 0.2) is 0 Å². The highest BCUT2D eigenvalue weighted by Gasteiger charge is 1.97. The molecule has 0 atom stereocenters.